The molecule has 10 aromatic carbocycles. The second-order valence-electron chi connectivity index (χ2n) is 14.8. The second kappa shape index (κ2) is 12.9. The molecule has 0 aromatic heterocycles. The highest BCUT2D eigenvalue weighted by atomic mass is 15.1. The van der Waals surface area contributed by atoms with Gasteiger partial charge in [0.25, 0.3) is 0 Å². The van der Waals surface area contributed by atoms with E-state index in [0.29, 0.717) is 0 Å². The molecule has 55 heavy (non-hydrogen) atoms. The van der Waals surface area contributed by atoms with Crippen LogP contribution in [0.3, 0.4) is 0 Å². The predicted octanol–water partition coefficient (Wildman–Crippen LogP) is 15.2. The van der Waals surface area contributed by atoms with E-state index in [0.717, 1.165) is 29.9 Å². The average Bonchev–Trinajstić information content (AvgIpc) is 3.26. The third-order valence-electron chi connectivity index (χ3n) is 11.7. The molecule has 0 unspecified atom stereocenters. The predicted molar refractivity (Wildman–Crippen MR) is 237 cm³/mol. The van der Waals surface area contributed by atoms with Gasteiger partial charge in [0.05, 0.1) is 5.69 Å². The van der Waals surface area contributed by atoms with E-state index in [4.69, 9.17) is 0 Å². The summed E-state index contributed by atoms with van der Waals surface area (Å²) >= 11 is 0. The van der Waals surface area contributed by atoms with Gasteiger partial charge in [-0.15, -0.1) is 0 Å². The first kappa shape index (κ1) is 31.6. The van der Waals surface area contributed by atoms with Gasteiger partial charge < -0.3 is 4.90 Å². The maximum Gasteiger partial charge on any atom is 0.0546 e. The first-order chi connectivity index (χ1) is 27.3. The van der Waals surface area contributed by atoms with Gasteiger partial charge >= 0.3 is 0 Å². The van der Waals surface area contributed by atoms with Crippen LogP contribution < -0.4 is 4.90 Å². The van der Waals surface area contributed by atoms with E-state index in [-0.39, 0.29) is 0 Å². The normalized spacial score (nSPS) is 12.5. The van der Waals surface area contributed by atoms with Crippen molar-refractivity contribution < 1.29 is 0 Å². The molecule has 0 bridgehead atoms. The van der Waals surface area contributed by atoms with Crippen LogP contribution in [0.4, 0.5) is 17.1 Å². The zero-order valence-corrected chi connectivity index (χ0v) is 30.4. The first-order valence-corrected chi connectivity index (χ1v) is 19.3. The summed E-state index contributed by atoms with van der Waals surface area (Å²) in [5.74, 6) is 0. The second-order valence-corrected chi connectivity index (χ2v) is 14.8. The molecule has 1 nitrogen and oxygen atoms in total. The Morgan fingerprint density at radius 2 is 0.818 bits per heavy atom. The minimum atomic E-state index is 1.08. The van der Waals surface area contributed by atoms with E-state index in [1.807, 2.05) is 0 Å². The molecule has 258 valence electrons. The van der Waals surface area contributed by atoms with E-state index < -0.39 is 0 Å². The summed E-state index contributed by atoms with van der Waals surface area (Å²) in [5.41, 5.74) is 11.2. The van der Waals surface area contributed by atoms with Crippen LogP contribution in [0, 0.1) is 0 Å². The number of aryl methyl sites for hydroxylation is 1. The molecule has 1 aliphatic rings. The van der Waals surface area contributed by atoms with Gasteiger partial charge in [0.2, 0.25) is 0 Å². The Morgan fingerprint density at radius 3 is 1.44 bits per heavy atom. The number of fused-ring (bicyclic) bond motifs is 9. The molecule has 0 atom stereocenters. The third-order valence-corrected chi connectivity index (χ3v) is 11.7. The van der Waals surface area contributed by atoms with Crippen LogP contribution in [0.5, 0.6) is 0 Å². The van der Waals surface area contributed by atoms with Crippen LogP contribution in [0.2, 0.25) is 0 Å². The molecular formula is C54H37N. The monoisotopic (exact) mass is 699 g/mol. The summed E-state index contributed by atoms with van der Waals surface area (Å²) in [6.07, 6.45) is 6.79. The van der Waals surface area contributed by atoms with E-state index in [9.17, 15) is 0 Å². The molecular weight excluding hydrogens is 663 g/mol. The summed E-state index contributed by atoms with van der Waals surface area (Å²) in [6, 6.07) is 69.5. The third kappa shape index (κ3) is 5.23. The lowest BCUT2D eigenvalue weighted by Crippen LogP contribution is -2.10. The zero-order valence-electron chi connectivity index (χ0n) is 30.4. The summed E-state index contributed by atoms with van der Waals surface area (Å²) < 4.78 is 0. The topological polar surface area (TPSA) is 3.24 Å². The number of rotatable bonds is 5. The number of hydrogen-bond acceptors (Lipinski definition) is 1. The van der Waals surface area contributed by atoms with Crippen molar-refractivity contribution in [1.82, 2.24) is 0 Å². The number of allylic oxidation sites excluding steroid dienone is 1. The molecule has 0 saturated heterocycles. The molecule has 0 N–H and O–H groups in total. The van der Waals surface area contributed by atoms with Crippen LogP contribution in [0.15, 0.2) is 194 Å². The van der Waals surface area contributed by atoms with Crippen LogP contribution in [0.25, 0.3) is 82.2 Å². The lowest BCUT2D eigenvalue weighted by Gasteiger charge is -2.28. The summed E-state index contributed by atoms with van der Waals surface area (Å²) in [5, 5.41) is 12.7. The minimum Gasteiger partial charge on any atom is -0.310 e. The molecule has 0 spiro atoms. The van der Waals surface area contributed by atoms with Crippen molar-refractivity contribution in [3.8, 4) is 22.3 Å². The summed E-state index contributed by atoms with van der Waals surface area (Å²) in [6.45, 7) is 0. The van der Waals surface area contributed by atoms with E-state index in [1.54, 1.807) is 0 Å². The first-order valence-electron chi connectivity index (χ1n) is 19.3. The van der Waals surface area contributed by atoms with Crippen molar-refractivity contribution in [2.45, 2.75) is 12.8 Å². The van der Waals surface area contributed by atoms with E-state index >= 15 is 0 Å². The van der Waals surface area contributed by atoms with Crippen molar-refractivity contribution in [3.63, 3.8) is 0 Å². The fraction of sp³-hybridized carbons (Fsp3) is 0.0370. The molecule has 0 radical (unpaired) electrons. The lowest BCUT2D eigenvalue weighted by atomic mass is 9.87. The Kier molecular flexibility index (Phi) is 7.38. The number of benzene rings is 10. The van der Waals surface area contributed by atoms with Crippen LogP contribution in [0.1, 0.15) is 17.5 Å². The quantitative estimate of drug-likeness (QED) is 0.162. The van der Waals surface area contributed by atoms with E-state index in [2.05, 4.69) is 205 Å². The highest BCUT2D eigenvalue weighted by Crippen LogP contribution is 2.44. The van der Waals surface area contributed by atoms with Gasteiger partial charge in [-0.25, -0.2) is 0 Å². The molecule has 10 aromatic rings. The number of anilines is 3. The molecule has 0 aliphatic heterocycles. The van der Waals surface area contributed by atoms with Crippen molar-refractivity contribution in [2.24, 2.45) is 0 Å². The fourth-order valence-corrected chi connectivity index (χ4v) is 9.06. The molecule has 1 aliphatic carbocycles. The molecule has 0 amide bonds. The van der Waals surface area contributed by atoms with Crippen LogP contribution in [-0.2, 0) is 6.42 Å². The average molecular weight is 700 g/mol. The number of nitrogens with zero attached hydrogens (tertiary/aromatic N) is 1. The van der Waals surface area contributed by atoms with Crippen molar-refractivity contribution in [2.75, 3.05) is 4.90 Å². The van der Waals surface area contributed by atoms with Gasteiger partial charge in [0.1, 0.15) is 0 Å². The van der Waals surface area contributed by atoms with Gasteiger partial charge in [-0.1, -0.05) is 158 Å². The maximum atomic E-state index is 2.44. The Bertz CT molecular complexity index is 3130. The van der Waals surface area contributed by atoms with Crippen LogP contribution >= 0.6 is 0 Å². The Labute approximate surface area is 321 Å². The van der Waals surface area contributed by atoms with Crippen LogP contribution in [-0.4, -0.2) is 0 Å². The molecule has 0 fully saturated rings. The van der Waals surface area contributed by atoms with Crippen molar-refractivity contribution >= 4 is 77.0 Å². The van der Waals surface area contributed by atoms with E-state index in [1.165, 1.54) is 87.2 Å². The van der Waals surface area contributed by atoms with Gasteiger partial charge in [0, 0.05) is 16.8 Å². The Balaban J connectivity index is 1.09. The van der Waals surface area contributed by atoms with Gasteiger partial charge in [0.15, 0.2) is 0 Å². The zero-order chi connectivity index (χ0) is 36.3. The smallest absolute Gasteiger partial charge is 0.0546 e. The maximum absolute atomic E-state index is 2.44. The molecule has 0 saturated carbocycles. The summed E-state index contributed by atoms with van der Waals surface area (Å²) in [7, 11) is 0. The fourth-order valence-electron chi connectivity index (χ4n) is 9.06. The van der Waals surface area contributed by atoms with Gasteiger partial charge in [-0.3, -0.25) is 0 Å². The summed E-state index contributed by atoms with van der Waals surface area (Å²) in [4.78, 5) is 2.44. The number of hydrogen-bond donors (Lipinski definition) is 0. The highest BCUT2D eigenvalue weighted by molar-refractivity contribution is 6.16. The van der Waals surface area contributed by atoms with Crippen molar-refractivity contribution in [1.29, 1.82) is 0 Å². The van der Waals surface area contributed by atoms with Crippen molar-refractivity contribution in [3.05, 3.63) is 205 Å². The SMILES string of the molecule is C1=Cc2c(cc(-c3ccc(N(c4ccc(-c5cc6ccccc6c6ccccc56)cc4)c4cc5ccccc5c5ccccc45)cc3)c3ccccc23)CC1. The highest BCUT2D eigenvalue weighted by Gasteiger charge is 2.19. The standard InChI is InChI=1S/C54H37N/c1-4-16-43-38(13-1)33-52(49-22-9-7-19-46(43)49)36-25-29-41(30-26-36)55(54-35-40-15-3-6-18-45(40)48-21-11-12-24-51(48)54)42-31-27-37(28-32-42)53-34-39-14-2-5-17-44(39)47-20-8-10-23-50(47)53/h1,3-13,15-35H,2,14H2. The largest absolute Gasteiger partial charge is 0.310 e. The van der Waals surface area contributed by atoms with Gasteiger partial charge in [-0.2, -0.15) is 0 Å². The van der Waals surface area contributed by atoms with Gasteiger partial charge in [-0.05, 0) is 137 Å². The molecule has 1 heteroatoms. The lowest BCUT2D eigenvalue weighted by molar-refractivity contribution is 0.990. The molecule has 11 rings (SSSR count). The Hall–Kier alpha value is -6.96. The molecule has 0 heterocycles. The minimum absolute atomic E-state index is 1.08. The Morgan fingerprint density at radius 1 is 0.364 bits per heavy atom.